The summed E-state index contributed by atoms with van der Waals surface area (Å²) in [5, 5.41) is 3.32. The molecule has 0 aliphatic heterocycles. The van der Waals surface area contributed by atoms with Crippen molar-refractivity contribution in [3.63, 3.8) is 0 Å². The van der Waals surface area contributed by atoms with Crippen molar-refractivity contribution in [1.29, 1.82) is 0 Å². The van der Waals surface area contributed by atoms with Gasteiger partial charge >= 0.3 is 0 Å². The highest BCUT2D eigenvalue weighted by Gasteiger charge is 2.34. The maximum absolute atomic E-state index is 14.0. The van der Waals surface area contributed by atoms with Gasteiger partial charge in [-0.05, 0) is 74.7 Å². The average Bonchev–Trinajstić information content (AvgIpc) is 3.45. The Morgan fingerprint density at radius 3 is 2.27 bits per heavy atom. The molecule has 1 aliphatic carbocycles. The normalized spacial score (nSPS) is 14.5. The SMILES string of the molecule is Cc1ccc(S(=O)(=O)N(CC(=O)N(Cc2ccc(F)cc2)[C@@H](C)C(=O)NC2CCCC2)c2cc(Cl)ccc2Cl)cc1. The Bertz CT molecular complexity index is 1500. The minimum Gasteiger partial charge on any atom is -0.352 e. The van der Waals surface area contributed by atoms with E-state index in [4.69, 9.17) is 23.2 Å². The van der Waals surface area contributed by atoms with E-state index in [-0.39, 0.29) is 39.1 Å². The molecule has 11 heteroatoms. The average molecular weight is 621 g/mol. The number of amides is 2. The van der Waals surface area contributed by atoms with Crippen LogP contribution in [-0.4, -0.2) is 43.8 Å². The van der Waals surface area contributed by atoms with Crippen molar-refractivity contribution in [2.75, 3.05) is 10.8 Å². The van der Waals surface area contributed by atoms with Crippen LogP contribution in [0, 0.1) is 12.7 Å². The Morgan fingerprint density at radius 1 is 1.00 bits per heavy atom. The molecule has 3 aromatic rings. The molecule has 0 spiro atoms. The van der Waals surface area contributed by atoms with E-state index < -0.39 is 34.3 Å². The molecular weight excluding hydrogens is 588 g/mol. The number of benzene rings is 3. The van der Waals surface area contributed by atoms with Crippen LogP contribution in [-0.2, 0) is 26.2 Å². The molecule has 7 nitrogen and oxygen atoms in total. The lowest BCUT2D eigenvalue weighted by molar-refractivity contribution is -0.139. The minimum atomic E-state index is -4.29. The Kier molecular flexibility index (Phi) is 9.94. The molecule has 1 atom stereocenters. The van der Waals surface area contributed by atoms with E-state index in [1.54, 1.807) is 19.1 Å². The van der Waals surface area contributed by atoms with E-state index in [9.17, 15) is 22.4 Å². The van der Waals surface area contributed by atoms with E-state index in [1.165, 1.54) is 59.5 Å². The summed E-state index contributed by atoms with van der Waals surface area (Å²) in [6, 6.07) is 15.2. The monoisotopic (exact) mass is 619 g/mol. The second-order valence-corrected chi connectivity index (χ2v) is 12.9. The van der Waals surface area contributed by atoms with Crippen LogP contribution < -0.4 is 9.62 Å². The van der Waals surface area contributed by atoms with E-state index in [0.29, 0.717) is 5.56 Å². The third-order valence-electron chi connectivity index (χ3n) is 7.20. The molecule has 1 N–H and O–H groups in total. The van der Waals surface area contributed by atoms with Crippen LogP contribution in [0.1, 0.15) is 43.7 Å². The molecule has 0 aromatic heterocycles. The smallest absolute Gasteiger partial charge is 0.264 e. The number of nitrogens with zero attached hydrogens (tertiary/aromatic N) is 2. The van der Waals surface area contributed by atoms with Crippen molar-refractivity contribution in [1.82, 2.24) is 10.2 Å². The van der Waals surface area contributed by atoms with E-state index in [2.05, 4.69) is 5.32 Å². The first kappa shape index (κ1) is 30.8. The summed E-state index contributed by atoms with van der Waals surface area (Å²) in [6.07, 6.45) is 3.76. The predicted octanol–water partition coefficient (Wildman–Crippen LogP) is 6.11. The maximum Gasteiger partial charge on any atom is 0.264 e. The molecule has 2 amide bonds. The number of hydrogen-bond donors (Lipinski definition) is 1. The summed E-state index contributed by atoms with van der Waals surface area (Å²) in [4.78, 5) is 28.5. The van der Waals surface area contributed by atoms with Crippen molar-refractivity contribution in [3.05, 3.63) is 93.7 Å². The number of rotatable bonds is 10. The Hall–Kier alpha value is -3.14. The molecule has 0 saturated heterocycles. The van der Waals surface area contributed by atoms with Gasteiger partial charge in [0.15, 0.2) is 0 Å². The first-order valence-corrected chi connectivity index (χ1v) is 15.5. The quantitative estimate of drug-likeness (QED) is 0.296. The molecule has 218 valence electrons. The lowest BCUT2D eigenvalue weighted by Gasteiger charge is -2.32. The standard InChI is InChI=1S/C30H32Cl2FN3O4S/c1-20-7-14-26(15-8-20)41(39,40)36(28-17-23(31)11-16-27(28)32)19-29(37)35(18-22-9-12-24(33)13-10-22)21(2)30(38)34-25-5-3-4-6-25/h7-17,21,25H,3-6,18-19H2,1-2H3,(H,34,38)/t21-/m0/s1. The second-order valence-electron chi connectivity index (χ2n) is 10.2. The highest BCUT2D eigenvalue weighted by Crippen LogP contribution is 2.33. The predicted molar refractivity (Wildman–Crippen MR) is 159 cm³/mol. The van der Waals surface area contributed by atoms with Crippen LogP contribution in [0.5, 0.6) is 0 Å². The van der Waals surface area contributed by atoms with Crippen molar-refractivity contribution in [2.24, 2.45) is 0 Å². The van der Waals surface area contributed by atoms with E-state index in [1.807, 2.05) is 6.92 Å². The maximum atomic E-state index is 14.0. The van der Waals surface area contributed by atoms with Crippen LogP contribution >= 0.6 is 23.2 Å². The summed E-state index contributed by atoms with van der Waals surface area (Å²) >= 11 is 12.6. The summed E-state index contributed by atoms with van der Waals surface area (Å²) in [5.74, 6) is -1.43. The van der Waals surface area contributed by atoms with Crippen molar-refractivity contribution >= 4 is 50.7 Å². The Balaban J connectivity index is 1.71. The molecule has 3 aromatic carbocycles. The molecule has 0 radical (unpaired) electrons. The number of hydrogen-bond acceptors (Lipinski definition) is 4. The molecule has 4 rings (SSSR count). The zero-order valence-electron chi connectivity index (χ0n) is 22.8. The highest BCUT2D eigenvalue weighted by molar-refractivity contribution is 7.92. The van der Waals surface area contributed by atoms with Gasteiger partial charge in [0.1, 0.15) is 18.4 Å². The van der Waals surface area contributed by atoms with Gasteiger partial charge in [-0.1, -0.05) is 65.9 Å². The van der Waals surface area contributed by atoms with Gasteiger partial charge in [0.2, 0.25) is 11.8 Å². The molecule has 41 heavy (non-hydrogen) atoms. The highest BCUT2D eigenvalue weighted by atomic mass is 35.5. The van der Waals surface area contributed by atoms with Gasteiger partial charge in [-0.25, -0.2) is 12.8 Å². The van der Waals surface area contributed by atoms with Crippen molar-refractivity contribution in [2.45, 2.75) is 63.1 Å². The number of halogens is 3. The number of aryl methyl sites for hydroxylation is 1. The van der Waals surface area contributed by atoms with Crippen molar-refractivity contribution in [3.8, 4) is 0 Å². The fourth-order valence-electron chi connectivity index (χ4n) is 4.79. The molecule has 1 aliphatic rings. The van der Waals surface area contributed by atoms with Gasteiger partial charge < -0.3 is 10.2 Å². The van der Waals surface area contributed by atoms with Crippen molar-refractivity contribution < 1.29 is 22.4 Å². The first-order valence-electron chi connectivity index (χ1n) is 13.3. The van der Waals surface area contributed by atoms with Gasteiger partial charge in [0.25, 0.3) is 10.0 Å². The molecular formula is C30H32Cl2FN3O4S. The van der Waals surface area contributed by atoms with Gasteiger partial charge in [0.05, 0.1) is 15.6 Å². The Labute approximate surface area is 250 Å². The first-order chi connectivity index (χ1) is 19.5. The Morgan fingerprint density at radius 2 is 1.63 bits per heavy atom. The van der Waals surface area contributed by atoms with E-state index in [0.717, 1.165) is 35.6 Å². The molecule has 1 fully saturated rings. The zero-order chi connectivity index (χ0) is 29.7. The van der Waals surface area contributed by atoms with Gasteiger partial charge in [-0.15, -0.1) is 0 Å². The number of anilines is 1. The molecule has 0 unspecified atom stereocenters. The third kappa shape index (κ3) is 7.58. The summed E-state index contributed by atoms with van der Waals surface area (Å²) in [7, 11) is -4.29. The van der Waals surface area contributed by atoms with Crippen LogP contribution in [0.2, 0.25) is 10.0 Å². The van der Waals surface area contributed by atoms with Crippen LogP contribution in [0.15, 0.2) is 71.6 Å². The molecule has 1 saturated carbocycles. The summed E-state index contributed by atoms with van der Waals surface area (Å²) in [6.45, 7) is 2.73. The number of sulfonamides is 1. The number of carbonyl (C=O) groups excluding carboxylic acids is 2. The zero-order valence-corrected chi connectivity index (χ0v) is 25.1. The number of nitrogens with one attached hydrogen (secondary N) is 1. The molecule has 0 bridgehead atoms. The topological polar surface area (TPSA) is 86.8 Å². The van der Waals surface area contributed by atoms with Crippen LogP contribution in [0.25, 0.3) is 0 Å². The lowest BCUT2D eigenvalue weighted by Crippen LogP contribution is -2.52. The summed E-state index contributed by atoms with van der Waals surface area (Å²) in [5.41, 5.74) is 1.46. The van der Waals surface area contributed by atoms with Crippen LogP contribution in [0.4, 0.5) is 10.1 Å². The number of carbonyl (C=O) groups is 2. The van der Waals surface area contributed by atoms with Gasteiger partial charge in [0, 0.05) is 17.6 Å². The molecule has 0 heterocycles. The van der Waals surface area contributed by atoms with Crippen LogP contribution in [0.3, 0.4) is 0 Å². The van der Waals surface area contributed by atoms with Gasteiger partial charge in [-0.2, -0.15) is 0 Å². The fraction of sp³-hybridized carbons (Fsp3) is 0.333. The van der Waals surface area contributed by atoms with Gasteiger partial charge in [-0.3, -0.25) is 13.9 Å². The third-order valence-corrected chi connectivity index (χ3v) is 9.53. The lowest BCUT2D eigenvalue weighted by atomic mass is 10.1. The largest absolute Gasteiger partial charge is 0.352 e. The minimum absolute atomic E-state index is 0.0244. The fourth-order valence-corrected chi connectivity index (χ4v) is 6.65. The second kappa shape index (κ2) is 13.2. The van der Waals surface area contributed by atoms with E-state index >= 15 is 0 Å². The summed E-state index contributed by atoms with van der Waals surface area (Å²) < 4.78 is 42.4.